The molecule has 1 saturated heterocycles. The van der Waals surface area contributed by atoms with E-state index in [2.05, 4.69) is 40.7 Å². The Hall–Kier alpha value is -1.07. The van der Waals surface area contributed by atoms with Crippen LogP contribution in [0, 0.1) is 50.2 Å². The Morgan fingerprint density at radius 1 is 0.909 bits per heavy atom. The summed E-state index contributed by atoms with van der Waals surface area (Å²) < 4.78 is 11.8. The first-order valence-electron chi connectivity index (χ1n) is 16.9. The van der Waals surface area contributed by atoms with Crippen LogP contribution in [0.4, 0.5) is 0 Å². The van der Waals surface area contributed by atoms with Crippen molar-refractivity contribution in [2.24, 2.45) is 50.2 Å². The number of hydrogen-bond donors (Lipinski definition) is 6. The molecule has 6 N–H and O–H groups in total. The van der Waals surface area contributed by atoms with Crippen molar-refractivity contribution in [1.82, 2.24) is 0 Å². The van der Waals surface area contributed by atoms with Gasteiger partial charge in [-0.3, -0.25) is 4.79 Å². The Labute approximate surface area is 262 Å². The maximum absolute atomic E-state index is 12.9. The van der Waals surface area contributed by atoms with Gasteiger partial charge in [0, 0.05) is 5.41 Å². The first-order valence-corrected chi connectivity index (χ1v) is 16.9. The molecule has 0 spiro atoms. The third-order valence-corrected chi connectivity index (χ3v) is 14.8. The van der Waals surface area contributed by atoms with Crippen LogP contribution in [-0.2, 0) is 14.3 Å². The standard InChI is InChI=1S/C35H56O9/c1-30(2)11-13-35(29(41)42)14-12-33(5)19(20(35)15-30)7-8-24-31(3)16-21(37)27(44-28-26(40)25(39)22(38)17-43-28)32(4,18-36)23(31)9-10-34(24,33)6/h7,20-28,36-40H,8-18H2,1-6H3,(H,41,42). The lowest BCUT2D eigenvalue weighted by Crippen LogP contribution is -2.69. The first-order chi connectivity index (χ1) is 20.4. The largest absolute Gasteiger partial charge is 0.481 e. The lowest BCUT2D eigenvalue weighted by atomic mass is 9.33. The van der Waals surface area contributed by atoms with Crippen molar-refractivity contribution in [3.05, 3.63) is 11.6 Å². The lowest BCUT2D eigenvalue weighted by Gasteiger charge is -2.71. The number of carboxylic acid groups (broad SMARTS) is 1. The van der Waals surface area contributed by atoms with Gasteiger partial charge in [-0.25, -0.2) is 0 Å². The average molecular weight is 621 g/mol. The highest BCUT2D eigenvalue weighted by Gasteiger charge is 2.71. The molecule has 14 atom stereocenters. The molecule has 1 heterocycles. The van der Waals surface area contributed by atoms with Crippen LogP contribution in [0.5, 0.6) is 0 Å². The van der Waals surface area contributed by atoms with E-state index in [4.69, 9.17) is 9.47 Å². The minimum atomic E-state index is -1.48. The summed E-state index contributed by atoms with van der Waals surface area (Å²) in [6.07, 6.45) is 2.36. The van der Waals surface area contributed by atoms with E-state index in [1.807, 2.05) is 6.92 Å². The number of carboxylic acids is 1. The van der Waals surface area contributed by atoms with E-state index in [0.29, 0.717) is 12.8 Å². The molecule has 5 aliphatic carbocycles. The van der Waals surface area contributed by atoms with Gasteiger partial charge in [-0.1, -0.05) is 53.2 Å². The molecular formula is C35H56O9. The molecule has 14 unspecified atom stereocenters. The molecule has 4 saturated carbocycles. The van der Waals surface area contributed by atoms with Gasteiger partial charge in [0.2, 0.25) is 0 Å². The smallest absolute Gasteiger partial charge is 0.310 e. The highest BCUT2D eigenvalue weighted by molar-refractivity contribution is 5.76. The monoisotopic (exact) mass is 620 g/mol. The summed E-state index contributed by atoms with van der Waals surface area (Å²) in [6, 6.07) is 0. The van der Waals surface area contributed by atoms with E-state index in [-0.39, 0.29) is 52.6 Å². The van der Waals surface area contributed by atoms with Crippen molar-refractivity contribution in [3.63, 3.8) is 0 Å². The number of fused-ring (bicyclic) bond motifs is 7. The molecular weight excluding hydrogens is 564 g/mol. The minimum absolute atomic E-state index is 0.0107. The number of hydrogen-bond acceptors (Lipinski definition) is 8. The molecule has 6 rings (SSSR count). The Morgan fingerprint density at radius 2 is 1.59 bits per heavy atom. The minimum Gasteiger partial charge on any atom is -0.481 e. The maximum Gasteiger partial charge on any atom is 0.310 e. The zero-order chi connectivity index (χ0) is 32.3. The van der Waals surface area contributed by atoms with Gasteiger partial charge in [-0.2, -0.15) is 0 Å². The molecule has 250 valence electrons. The molecule has 0 amide bonds. The third kappa shape index (κ3) is 4.32. The molecule has 0 aromatic carbocycles. The Kier molecular flexibility index (Phi) is 7.81. The topological polar surface area (TPSA) is 157 Å². The van der Waals surface area contributed by atoms with Crippen LogP contribution in [0.2, 0.25) is 0 Å². The summed E-state index contributed by atoms with van der Waals surface area (Å²) in [4.78, 5) is 12.9. The van der Waals surface area contributed by atoms with Gasteiger partial charge < -0.3 is 40.1 Å². The fourth-order valence-corrected chi connectivity index (χ4v) is 12.0. The molecule has 0 aromatic heterocycles. The average Bonchev–Trinajstić information content (AvgIpc) is 2.94. The van der Waals surface area contributed by atoms with E-state index >= 15 is 0 Å². The van der Waals surface area contributed by atoms with E-state index in [1.165, 1.54) is 5.57 Å². The van der Waals surface area contributed by atoms with E-state index < -0.39 is 53.6 Å². The van der Waals surface area contributed by atoms with Crippen LogP contribution in [0.3, 0.4) is 0 Å². The SMILES string of the molecule is CC1(C)CCC2(C(=O)O)CCC3(C)C(=CCC4C5(C)CC(O)C(OC6OCC(O)C(O)C6O)C(C)(CO)C5CCC43C)C2C1. The fraction of sp³-hybridized carbons (Fsp3) is 0.914. The normalized spacial score (nSPS) is 55.1. The van der Waals surface area contributed by atoms with Gasteiger partial charge in [-0.15, -0.1) is 0 Å². The number of rotatable bonds is 4. The van der Waals surface area contributed by atoms with Gasteiger partial charge in [0.05, 0.1) is 30.8 Å². The van der Waals surface area contributed by atoms with Crippen LogP contribution in [-0.4, -0.2) is 86.6 Å². The second-order valence-corrected chi connectivity index (χ2v) is 17.4. The van der Waals surface area contributed by atoms with Gasteiger partial charge >= 0.3 is 5.97 Å². The van der Waals surface area contributed by atoms with Crippen LogP contribution in [0.25, 0.3) is 0 Å². The number of ether oxygens (including phenoxy) is 2. The molecule has 6 aliphatic rings. The number of aliphatic hydroxyl groups excluding tert-OH is 5. The van der Waals surface area contributed by atoms with Crippen molar-refractivity contribution in [2.45, 2.75) is 136 Å². The second kappa shape index (κ2) is 10.5. The van der Waals surface area contributed by atoms with E-state index in [1.54, 1.807) is 0 Å². The molecule has 9 nitrogen and oxygen atoms in total. The Bertz CT molecular complexity index is 1190. The first kappa shape index (κ1) is 32.9. The molecule has 0 bridgehead atoms. The lowest BCUT2D eigenvalue weighted by molar-refractivity contribution is -0.328. The Balaban J connectivity index is 1.35. The Morgan fingerprint density at radius 3 is 2.25 bits per heavy atom. The van der Waals surface area contributed by atoms with Crippen LogP contribution >= 0.6 is 0 Å². The maximum atomic E-state index is 12.9. The van der Waals surface area contributed by atoms with Gasteiger partial charge in [0.25, 0.3) is 0 Å². The zero-order valence-corrected chi connectivity index (χ0v) is 27.5. The predicted molar refractivity (Wildman–Crippen MR) is 162 cm³/mol. The molecule has 9 heteroatoms. The number of allylic oxidation sites excluding steroid dienone is 2. The van der Waals surface area contributed by atoms with Gasteiger partial charge in [-0.05, 0) is 97.2 Å². The second-order valence-electron chi connectivity index (χ2n) is 17.4. The third-order valence-electron chi connectivity index (χ3n) is 14.8. The number of aliphatic carboxylic acids is 1. The molecule has 0 radical (unpaired) electrons. The van der Waals surface area contributed by atoms with Gasteiger partial charge in [0.1, 0.15) is 18.3 Å². The summed E-state index contributed by atoms with van der Waals surface area (Å²) in [7, 11) is 0. The number of carbonyl (C=O) groups is 1. The molecule has 1 aliphatic heterocycles. The molecule has 0 aromatic rings. The number of aliphatic hydroxyl groups is 5. The van der Waals surface area contributed by atoms with Crippen molar-refractivity contribution >= 4 is 5.97 Å². The van der Waals surface area contributed by atoms with Crippen molar-refractivity contribution < 1.29 is 44.9 Å². The van der Waals surface area contributed by atoms with E-state index in [9.17, 15) is 35.4 Å². The quantitative estimate of drug-likeness (QED) is 0.204. The zero-order valence-electron chi connectivity index (χ0n) is 27.5. The van der Waals surface area contributed by atoms with Crippen molar-refractivity contribution in [1.29, 1.82) is 0 Å². The van der Waals surface area contributed by atoms with Crippen molar-refractivity contribution in [3.8, 4) is 0 Å². The van der Waals surface area contributed by atoms with Crippen molar-refractivity contribution in [2.75, 3.05) is 13.2 Å². The van der Waals surface area contributed by atoms with E-state index in [0.717, 1.165) is 44.9 Å². The summed E-state index contributed by atoms with van der Waals surface area (Å²) >= 11 is 0. The van der Waals surface area contributed by atoms with Crippen LogP contribution < -0.4 is 0 Å². The molecule has 44 heavy (non-hydrogen) atoms. The predicted octanol–water partition coefficient (Wildman–Crippen LogP) is 3.64. The summed E-state index contributed by atoms with van der Waals surface area (Å²) in [5, 5.41) is 64.1. The summed E-state index contributed by atoms with van der Waals surface area (Å²) in [6.45, 7) is 13.2. The highest BCUT2D eigenvalue weighted by atomic mass is 16.7. The van der Waals surface area contributed by atoms with Crippen LogP contribution in [0.15, 0.2) is 11.6 Å². The highest BCUT2D eigenvalue weighted by Crippen LogP contribution is 2.76. The molecule has 5 fully saturated rings. The summed E-state index contributed by atoms with van der Waals surface area (Å²) in [5.41, 5.74) is -0.690. The van der Waals surface area contributed by atoms with Gasteiger partial charge in [0.15, 0.2) is 6.29 Å². The van der Waals surface area contributed by atoms with Crippen LogP contribution in [0.1, 0.15) is 99.3 Å². The fourth-order valence-electron chi connectivity index (χ4n) is 12.0. The summed E-state index contributed by atoms with van der Waals surface area (Å²) in [5.74, 6) is -0.389.